The molecule has 1 N–H and O–H groups in total. The fraction of sp³-hybridized carbons (Fsp3) is 0.733. The van der Waals surface area contributed by atoms with Crippen molar-refractivity contribution in [2.45, 2.75) is 52.1 Å². The molecule has 0 aliphatic carbocycles. The summed E-state index contributed by atoms with van der Waals surface area (Å²) in [5.41, 5.74) is 1.11. The van der Waals surface area contributed by atoms with Crippen molar-refractivity contribution in [3.63, 3.8) is 0 Å². The summed E-state index contributed by atoms with van der Waals surface area (Å²) in [4.78, 5) is 13.1. The number of carboxylic acids is 1. The molecule has 1 atom stereocenters. The Morgan fingerprint density at radius 1 is 1.55 bits per heavy atom. The molecular weight excluding hydrogens is 254 g/mol. The Kier molecular flexibility index (Phi) is 5.17. The number of hydrogen-bond acceptors (Lipinski definition) is 3. The van der Waals surface area contributed by atoms with Crippen molar-refractivity contribution in [3.8, 4) is 0 Å². The van der Waals surface area contributed by atoms with Crippen LogP contribution in [0.3, 0.4) is 0 Å². The van der Waals surface area contributed by atoms with Gasteiger partial charge < -0.3 is 5.11 Å². The Labute approximate surface area is 120 Å². The summed E-state index contributed by atoms with van der Waals surface area (Å²) in [6.07, 6.45) is 5.44. The zero-order chi connectivity index (χ0) is 14.5. The molecule has 0 saturated carbocycles. The molecule has 0 amide bonds. The first-order valence-electron chi connectivity index (χ1n) is 7.52. The molecule has 0 bridgehead atoms. The van der Waals surface area contributed by atoms with Crippen LogP contribution in [0, 0.1) is 5.92 Å². The van der Waals surface area contributed by atoms with E-state index in [2.05, 4.69) is 29.9 Å². The van der Waals surface area contributed by atoms with Crippen LogP contribution in [0.5, 0.6) is 0 Å². The number of hydrogen-bond donors (Lipinski definition) is 1. The van der Waals surface area contributed by atoms with Crippen LogP contribution < -0.4 is 0 Å². The average Bonchev–Trinajstić information content (AvgIpc) is 2.85. The lowest BCUT2D eigenvalue weighted by molar-refractivity contribution is -0.137. The Morgan fingerprint density at radius 3 is 3.00 bits per heavy atom. The normalized spacial score (nSPS) is 20.4. The van der Waals surface area contributed by atoms with E-state index < -0.39 is 5.97 Å². The van der Waals surface area contributed by atoms with Crippen molar-refractivity contribution in [3.05, 3.63) is 18.0 Å². The largest absolute Gasteiger partial charge is 0.481 e. The highest BCUT2D eigenvalue weighted by atomic mass is 16.4. The fourth-order valence-electron chi connectivity index (χ4n) is 2.84. The van der Waals surface area contributed by atoms with E-state index in [1.807, 2.05) is 10.9 Å². The number of carboxylic acid groups (broad SMARTS) is 1. The maximum atomic E-state index is 10.7. The first-order chi connectivity index (χ1) is 9.54. The summed E-state index contributed by atoms with van der Waals surface area (Å²) >= 11 is 0. The third-order valence-electron chi connectivity index (χ3n) is 3.95. The maximum Gasteiger partial charge on any atom is 0.303 e. The molecule has 20 heavy (non-hydrogen) atoms. The summed E-state index contributed by atoms with van der Waals surface area (Å²) < 4.78 is 1.99. The third kappa shape index (κ3) is 4.34. The van der Waals surface area contributed by atoms with Gasteiger partial charge in [-0.3, -0.25) is 14.4 Å². The van der Waals surface area contributed by atoms with Gasteiger partial charge in [-0.25, -0.2) is 0 Å². The van der Waals surface area contributed by atoms with Crippen LogP contribution in [0.25, 0.3) is 0 Å². The monoisotopic (exact) mass is 279 g/mol. The van der Waals surface area contributed by atoms with E-state index in [0.717, 1.165) is 44.6 Å². The van der Waals surface area contributed by atoms with Crippen LogP contribution in [0.4, 0.5) is 0 Å². The van der Waals surface area contributed by atoms with Crippen LogP contribution in [0.1, 0.15) is 51.3 Å². The molecule has 5 nitrogen and oxygen atoms in total. The van der Waals surface area contributed by atoms with Crippen LogP contribution in [-0.2, 0) is 11.3 Å². The lowest BCUT2D eigenvalue weighted by Gasteiger charge is -2.32. The van der Waals surface area contributed by atoms with Gasteiger partial charge in [-0.2, -0.15) is 5.10 Å². The van der Waals surface area contributed by atoms with E-state index in [0.29, 0.717) is 18.4 Å². The van der Waals surface area contributed by atoms with Gasteiger partial charge in [-0.1, -0.05) is 0 Å². The van der Waals surface area contributed by atoms with E-state index in [1.54, 1.807) is 0 Å². The molecular formula is C15H25N3O2. The number of aromatic nitrogens is 2. The molecule has 1 aromatic heterocycles. The van der Waals surface area contributed by atoms with Crippen molar-refractivity contribution in [2.24, 2.45) is 5.92 Å². The van der Waals surface area contributed by atoms with Crippen molar-refractivity contribution in [2.75, 3.05) is 13.1 Å². The van der Waals surface area contributed by atoms with E-state index in [1.165, 1.54) is 0 Å². The first-order valence-corrected chi connectivity index (χ1v) is 7.52. The van der Waals surface area contributed by atoms with E-state index in [9.17, 15) is 4.79 Å². The summed E-state index contributed by atoms with van der Waals surface area (Å²) in [6, 6.07) is 2.48. The SMILES string of the molecule is CC(C)n1ccc(CN2CCCC(CCC(=O)O)C2)n1. The van der Waals surface area contributed by atoms with E-state index in [4.69, 9.17) is 5.11 Å². The standard InChI is InChI=1S/C15H25N3O2/c1-12(2)18-9-7-14(16-18)11-17-8-3-4-13(10-17)5-6-15(19)20/h7,9,12-13H,3-6,8,10-11H2,1-2H3,(H,19,20). The van der Waals surface area contributed by atoms with Crippen LogP contribution in [0.2, 0.25) is 0 Å². The van der Waals surface area contributed by atoms with Gasteiger partial charge in [0.25, 0.3) is 0 Å². The minimum absolute atomic E-state index is 0.292. The molecule has 1 fully saturated rings. The molecule has 0 spiro atoms. The topological polar surface area (TPSA) is 58.4 Å². The molecule has 5 heteroatoms. The van der Waals surface area contributed by atoms with Crippen molar-refractivity contribution < 1.29 is 9.90 Å². The maximum absolute atomic E-state index is 10.7. The molecule has 0 aromatic carbocycles. The minimum atomic E-state index is -0.683. The third-order valence-corrected chi connectivity index (χ3v) is 3.95. The average molecular weight is 279 g/mol. The number of carbonyl (C=O) groups is 1. The Morgan fingerprint density at radius 2 is 2.35 bits per heavy atom. The molecule has 1 saturated heterocycles. The quantitative estimate of drug-likeness (QED) is 0.869. The van der Waals surface area contributed by atoms with Gasteiger partial charge in [0.05, 0.1) is 5.69 Å². The zero-order valence-electron chi connectivity index (χ0n) is 12.5. The molecule has 1 unspecified atom stereocenters. The Balaban J connectivity index is 1.84. The molecule has 1 aliphatic heterocycles. The summed E-state index contributed by atoms with van der Waals surface area (Å²) in [7, 11) is 0. The molecule has 0 radical (unpaired) electrons. The Bertz CT molecular complexity index is 442. The number of likely N-dealkylation sites (tertiary alicyclic amines) is 1. The van der Waals surface area contributed by atoms with Crippen molar-refractivity contribution in [1.29, 1.82) is 0 Å². The lowest BCUT2D eigenvalue weighted by Crippen LogP contribution is -2.35. The van der Waals surface area contributed by atoms with Crippen LogP contribution >= 0.6 is 0 Å². The first kappa shape index (κ1) is 15.0. The van der Waals surface area contributed by atoms with Gasteiger partial charge in [0.15, 0.2) is 0 Å². The van der Waals surface area contributed by atoms with Crippen molar-refractivity contribution in [1.82, 2.24) is 14.7 Å². The van der Waals surface area contributed by atoms with Gasteiger partial charge in [0, 0.05) is 31.7 Å². The highest BCUT2D eigenvalue weighted by molar-refractivity contribution is 5.66. The van der Waals surface area contributed by atoms with Crippen LogP contribution in [0.15, 0.2) is 12.3 Å². The Hall–Kier alpha value is -1.36. The molecule has 2 rings (SSSR count). The minimum Gasteiger partial charge on any atom is -0.481 e. The second-order valence-corrected chi connectivity index (χ2v) is 6.06. The second kappa shape index (κ2) is 6.88. The van der Waals surface area contributed by atoms with E-state index in [-0.39, 0.29) is 0 Å². The van der Waals surface area contributed by atoms with Gasteiger partial charge in [-0.15, -0.1) is 0 Å². The van der Waals surface area contributed by atoms with Gasteiger partial charge >= 0.3 is 5.97 Å². The molecule has 2 heterocycles. The summed E-state index contributed by atoms with van der Waals surface area (Å²) in [5, 5.41) is 13.4. The predicted molar refractivity (Wildman–Crippen MR) is 77.5 cm³/mol. The number of aliphatic carboxylic acids is 1. The number of nitrogens with zero attached hydrogens (tertiary/aromatic N) is 3. The smallest absolute Gasteiger partial charge is 0.303 e. The van der Waals surface area contributed by atoms with Crippen molar-refractivity contribution >= 4 is 5.97 Å². The zero-order valence-corrected chi connectivity index (χ0v) is 12.5. The molecule has 1 aromatic rings. The summed E-state index contributed by atoms with van der Waals surface area (Å²) in [6.45, 7) is 7.22. The highest BCUT2D eigenvalue weighted by Gasteiger charge is 2.21. The summed E-state index contributed by atoms with van der Waals surface area (Å²) in [5.74, 6) is -0.162. The van der Waals surface area contributed by atoms with Gasteiger partial charge in [-0.05, 0) is 51.6 Å². The van der Waals surface area contributed by atoms with E-state index >= 15 is 0 Å². The second-order valence-electron chi connectivity index (χ2n) is 6.06. The number of rotatable bonds is 6. The van der Waals surface area contributed by atoms with Gasteiger partial charge in [0.2, 0.25) is 0 Å². The molecule has 112 valence electrons. The highest BCUT2D eigenvalue weighted by Crippen LogP contribution is 2.22. The number of piperidine rings is 1. The molecule has 1 aliphatic rings. The van der Waals surface area contributed by atoms with Crippen LogP contribution in [-0.4, -0.2) is 38.8 Å². The fourth-order valence-corrected chi connectivity index (χ4v) is 2.84. The predicted octanol–water partition coefficient (Wildman–Crippen LogP) is 2.54. The lowest BCUT2D eigenvalue weighted by atomic mass is 9.93. The van der Waals surface area contributed by atoms with Gasteiger partial charge in [0.1, 0.15) is 0 Å².